The first-order valence-electron chi connectivity index (χ1n) is 10.9. The average Bonchev–Trinajstić information content (AvgIpc) is 2.79. The number of ether oxygens (including phenoxy) is 2. The van der Waals surface area contributed by atoms with Crippen LogP contribution in [-0.2, 0) is 19.4 Å². The van der Waals surface area contributed by atoms with Crippen LogP contribution in [0.4, 0.5) is 0 Å². The summed E-state index contributed by atoms with van der Waals surface area (Å²) in [7, 11) is -3.52. The van der Waals surface area contributed by atoms with E-state index < -0.39 is 9.84 Å². The van der Waals surface area contributed by atoms with Gasteiger partial charge in [-0.15, -0.1) is 0 Å². The summed E-state index contributed by atoms with van der Waals surface area (Å²) in [6, 6.07) is 14.2. The summed E-state index contributed by atoms with van der Waals surface area (Å²) in [6.45, 7) is 10.5. The molecule has 0 aromatic heterocycles. The highest BCUT2D eigenvalue weighted by Crippen LogP contribution is 2.38. The molecule has 2 aromatic carbocycles. The first-order valence-corrected chi connectivity index (χ1v) is 12.3. The van der Waals surface area contributed by atoms with E-state index in [0.717, 1.165) is 38.2 Å². The molecule has 4 rings (SSSR count). The predicted octanol–water partition coefficient (Wildman–Crippen LogP) is 3.21. The lowest BCUT2D eigenvalue weighted by Crippen LogP contribution is -2.46. The Morgan fingerprint density at radius 2 is 1.75 bits per heavy atom. The van der Waals surface area contributed by atoms with Crippen LogP contribution >= 0.6 is 0 Å². The number of fused-ring (bicyclic) bond motifs is 1. The maximum atomic E-state index is 12.8. The SMILES string of the molecule is CC(C)(C)OC=O.O=S(=O)(c1ccccc1)c1ccc2c(c1)OCCC2N1CCNCC1. The van der Waals surface area contributed by atoms with Gasteiger partial charge in [-0.3, -0.25) is 9.69 Å². The Morgan fingerprint density at radius 1 is 1.06 bits per heavy atom. The van der Waals surface area contributed by atoms with Crippen molar-refractivity contribution in [3.8, 4) is 5.75 Å². The van der Waals surface area contributed by atoms with Gasteiger partial charge in [-0.25, -0.2) is 8.42 Å². The van der Waals surface area contributed by atoms with Crippen molar-refractivity contribution in [2.75, 3.05) is 32.8 Å². The molecule has 2 aliphatic rings. The van der Waals surface area contributed by atoms with E-state index in [2.05, 4.69) is 15.0 Å². The third-order valence-electron chi connectivity index (χ3n) is 5.35. The third kappa shape index (κ3) is 6.09. The van der Waals surface area contributed by atoms with Gasteiger partial charge in [-0.1, -0.05) is 24.3 Å². The summed E-state index contributed by atoms with van der Waals surface area (Å²) in [5.74, 6) is 0.701. The highest BCUT2D eigenvalue weighted by Gasteiger charge is 2.29. The molecule has 2 aromatic rings. The highest BCUT2D eigenvalue weighted by molar-refractivity contribution is 7.91. The van der Waals surface area contributed by atoms with E-state index in [1.807, 2.05) is 32.9 Å². The van der Waals surface area contributed by atoms with E-state index in [1.165, 1.54) is 0 Å². The van der Waals surface area contributed by atoms with Gasteiger partial charge >= 0.3 is 0 Å². The molecular weight excluding hydrogens is 428 g/mol. The van der Waals surface area contributed by atoms with Crippen LogP contribution in [0, 0.1) is 0 Å². The van der Waals surface area contributed by atoms with Gasteiger partial charge in [0.1, 0.15) is 11.4 Å². The fourth-order valence-corrected chi connectivity index (χ4v) is 5.07. The zero-order chi connectivity index (χ0) is 23.2. The number of benzene rings is 2. The molecule has 7 nitrogen and oxygen atoms in total. The number of carbonyl (C=O) groups is 1. The third-order valence-corrected chi connectivity index (χ3v) is 7.12. The van der Waals surface area contributed by atoms with Crippen LogP contribution in [0.2, 0.25) is 0 Å². The van der Waals surface area contributed by atoms with Crippen molar-refractivity contribution in [3.63, 3.8) is 0 Å². The van der Waals surface area contributed by atoms with Crippen molar-refractivity contribution in [3.05, 3.63) is 54.1 Å². The Labute approximate surface area is 190 Å². The molecule has 1 atom stereocenters. The normalized spacial score (nSPS) is 19.0. The molecular formula is C24H32N2O5S. The second-order valence-electron chi connectivity index (χ2n) is 8.78. The first-order chi connectivity index (χ1) is 15.2. The van der Waals surface area contributed by atoms with Crippen molar-refractivity contribution in [2.45, 2.75) is 48.6 Å². The van der Waals surface area contributed by atoms with Crippen LogP contribution in [0.15, 0.2) is 58.3 Å². The molecule has 0 saturated carbocycles. The summed E-state index contributed by atoms with van der Waals surface area (Å²) in [6.07, 6.45) is 0.942. The molecule has 8 heteroatoms. The molecule has 2 aliphatic heterocycles. The molecule has 0 bridgehead atoms. The molecule has 0 aliphatic carbocycles. The van der Waals surface area contributed by atoms with E-state index >= 15 is 0 Å². The molecule has 0 radical (unpaired) electrons. The Hall–Kier alpha value is -2.42. The van der Waals surface area contributed by atoms with Crippen LogP contribution in [0.3, 0.4) is 0 Å². The highest BCUT2D eigenvalue weighted by atomic mass is 32.2. The molecule has 0 spiro atoms. The zero-order valence-electron chi connectivity index (χ0n) is 18.9. The Balaban J connectivity index is 0.000000360. The molecule has 2 heterocycles. The monoisotopic (exact) mass is 460 g/mol. The Morgan fingerprint density at radius 3 is 2.34 bits per heavy atom. The van der Waals surface area contributed by atoms with Crippen LogP contribution < -0.4 is 10.1 Å². The smallest absolute Gasteiger partial charge is 0.293 e. The van der Waals surface area contributed by atoms with Crippen molar-refractivity contribution >= 4 is 16.3 Å². The minimum atomic E-state index is -3.52. The molecule has 1 unspecified atom stereocenters. The maximum absolute atomic E-state index is 12.8. The van der Waals surface area contributed by atoms with Crippen molar-refractivity contribution in [2.24, 2.45) is 0 Å². The molecule has 1 saturated heterocycles. The Kier molecular flexibility index (Phi) is 7.92. The van der Waals surface area contributed by atoms with Crippen molar-refractivity contribution < 1.29 is 22.7 Å². The van der Waals surface area contributed by atoms with Gasteiger partial charge in [0.15, 0.2) is 0 Å². The lowest BCUT2D eigenvalue weighted by Gasteiger charge is -2.38. The lowest BCUT2D eigenvalue weighted by atomic mass is 9.98. The molecule has 174 valence electrons. The maximum Gasteiger partial charge on any atom is 0.293 e. The topological polar surface area (TPSA) is 84.9 Å². The standard InChI is InChI=1S/C19H22N2O3S.C5H10O2/c22-25(23,15-4-2-1-3-5-15)16-6-7-17-18(8-13-24-19(17)14-16)21-11-9-20-10-12-21;1-5(2,3)7-4-6/h1-7,14,18,20H,8-13H2;4H,1-3H3. The van der Waals surface area contributed by atoms with Gasteiger partial charge in [0, 0.05) is 44.2 Å². The largest absolute Gasteiger partial charge is 0.493 e. The van der Waals surface area contributed by atoms with Gasteiger partial charge in [-0.05, 0) is 45.0 Å². The molecule has 1 fully saturated rings. The van der Waals surface area contributed by atoms with Gasteiger partial charge in [0.2, 0.25) is 9.84 Å². The first kappa shape index (κ1) is 24.2. The van der Waals surface area contributed by atoms with Crippen LogP contribution in [0.5, 0.6) is 5.75 Å². The number of piperazine rings is 1. The zero-order valence-corrected chi connectivity index (χ0v) is 19.7. The number of rotatable bonds is 4. The van der Waals surface area contributed by atoms with Crippen LogP contribution in [0.25, 0.3) is 0 Å². The summed E-state index contributed by atoms with van der Waals surface area (Å²) >= 11 is 0. The number of carbonyl (C=O) groups excluding carboxylic acids is 1. The second-order valence-corrected chi connectivity index (χ2v) is 10.7. The number of hydrogen-bond acceptors (Lipinski definition) is 7. The van der Waals surface area contributed by atoms with E-state index in [4.69, 9.17) is 4.74 Å². The Bertz CT molecular complexity index is 997. The lowest BCUT2D eigenvalue weighted by molar-refractivity contribution is -0.138. The summed E-state index contributed by atoms with van der Waals surface area (Å²) in [5.41, 5.74) is 0.780. The molecule has 32 heavy (non-hydrogen) atoms. The molecule has 1 N–H and O–H groups in total. The fraction of sp³-hybridized carbons (Fsp3) is 0.458. The van der Waals surface area contributed by atoms with Gasteiger partial charge < -0.3 is 14.8 Å². The predicted molar refractivity (Wildman–Crippen MR) is 123 cm³/mol. The number of nitrogens with one attached hydrogen (secondary N) is 1. The van der Waals surface area contributed by atoms with E-state index in [9.17, 15) is 13.2 Å². The van der Waals surface area contributed by atoms with Crippen molar-refractivity contribution in [1.29, 1.82) is 0 Å². The minimum Gasteiger partial charge on any atom is -0.493 e. The number of nitrogens with zero attached hydrogens (tertiary/aromatic N) is 1. The van der Waals surface area contributed by atoms with Gasteiger partial charge in [-0.2, -0.15) is 0 Å². The summed E-state index contributed by atoms with van der Waals surface area (Å²) in [5, 5.41) is 3.37. The van der Waals surface area contributed by atoms with E-state index in [0.29, 0.717) is 34.7 Å². The van der Waals surface area contributed by atoms with Gasteiger partial charge in [0.25, 0.3) is 6.47 Å². The number of hydrogen-bond donors (Lipinski definition) is 1. The van der Waals surface area contributed by atoms with Crippen LogP contribution in [-0.4, -0.2) is 58.2 Å². The number of sulfone groups is 1. The average molecular weight is 461 g/mol. The van der Waals surface area contributed by atoms with Crippen LogP contribution in [0.1, 0.15) is 38.8 Å². The van der Waals surface area contributed by atoms with Gasteiger partial charge in [0.05, 0.1) is 16.4 Å². The summed E-state index contributed by atoms with van der Waals surface area (Å²) < 4.78 is 36.0. The molecule has 0 amide bonds. The van der Waals surface area contributed by atoms with E-state index in [1.54, 1.807) is 36.4 Å². The summed E-state index contributed by atoms with van der Waals surface area (Å²) in [4.78, 5) is 12.7. The minimum absolute atomic E-state index is 0.290. The van der Waals surface area contributed by atoms with Crippen molar-refractivity contribution in [1.82, 2.24) is 10.2 Å². The second kappa shape index (κ2) is 10.5. The quantitative estimate of drug-likeness (QED) is 0.702. The van der Waals surface area contributed by atoms with E-state index in [-0.39, 0.29) is 5.60 Å². The fourth-order valence-electron chi connectivity index (χ4n) is 3.77.